The fourth-order valence-electron chi connectivity index (χ4n) is 3.30. The van der Waals surface area contributed by atoms with Crippen LogP contribution in [-0.4, -0.2) is 57.6 Å². The van der Waals surface area contributed by atoms with Crippen LogP contribution in [0.15, 0.2) is 16.4 Å². The summed E-state index contributed by atoms with van der Waals surface area (Å²) in [6.07, 6.45) is 3.14. The topological polar surface area (TPSA) is 67.2 Å². The molecule has 1 saturated heterocycles. The standard InChI is InChI=1S/C15H20N6OS/c22-14-10-12-2-1-3-13(12)18-21(14)9-6-19-4-7-20(8-5-19)15-17-16-11-23-15/h10-11H,1-9H2. The van der Waals surface area contributed by atoms with Gasteiger partial charge in [-0.1, -0.05) is 11.3 Å². The van der Waals surface area contributed by atoms with Gasteiger partial charge in [0, 0.05) is 38.8 Å². The first kappa shape index (κ1) is 14.8. The van der Waals surface area contributed by atoms with E-state index < -0.39 is 0 Å². The molecule has 0 N–H and O–H groups in total. The minimum atomic E-state index is 0.0399. The molecule has 0 amide bonds. The first-order valence-corrected chi connectivity index (χ1v) is 9.01. The third-order valence-corrected chi connectivity index (χ3v) is 5.39. The first-order chi connectivity index (χ1) is 11.3. The monoisotopic (exact) mass is 332 g/mol. The Balaban J connectivity index is 1.33. The number of piperazine rings is 1. The molecule has 0 aromatic carbocycles. The van der Waals surface area contributed by atoms with Crippen molar-refractivity contribution < 1.29 is 0 Å². The molecule has 2 aromatic rings. The van der Waals surface area contributed by atoms with Crippen LogP contribution in [0.1, 0.15) is 17.7 Å². The van der Waals surface area contributed by atoms with Crippen molar-refractivity contribution in [2.75, 3.05) is 37.6 Å². The number of rotatable bonds is 4. The van der Waals surface area contributed by atoms with Crippen molar-refractivity contribution in [2.24, 2.45) is 0 Å². The summed E-state index contributed by atoms with van der Waals surface area (Å²) in [5.41, 5.74) is 4.08. The van der Waals surface area contributed by atoms with Crippen LogP contribution >= 0.6 is 11.3 Å². The van der Waals surface area contributed by atoms with Crippen molar-refractivity contribution in [3.05, 3.63) is 33.2 Å². The molecule has 8 heteroatoms. The van der Waals surface area contributed by atoms with Gasteiger partial charge in [0.25, 0.3) is 5.56 Å². The van der Waals surface area contributed by atoms with Gasteiger partial charge in [-0.05, 0) is 24.8 Å². The van der Waals surface area contributed by atoms with Crippen LogP contribution in [0.3, 0.4) is 0 Å². The van der Waals surface area contributed by atoms with Gasteiger partial charge in [0.15, 0.2) is 0 Å². The van der Waals surface area contributed by atoms with Gasteiger partial charge >= 0.3 is 0 Å². The Hall–Kier alpha value is -1.80. The highest BCUT2D eigenvalue weighted by Gasteiger charge is 2.19. The van der Waals surface area contributed by atoms with Crippen molar-refractivity contribution in [1.29, 1.82) is 0 Å². The van der Waals surface area contributed by atoms with Gasteiger partial charge in [-0.25, -0.2) is 4.68 Å². The zero-order valence-electron chi connectivity index (χ0n) is 13.0. The molecule has 0 atom stereocenters. The highest BCUT2D eigenvalue weighted by Crippen LogP contribution is 2.18. The largest absolute Gasteiger partial charge is 0.344 e. The third kappa shape index (κ3) is 3.13. The van der Waals surface area contributed by atoms with E-state index in [2.05, 4.69) is 25.1 Å². The maximum Gasteiger partial charge on any atom is 0.267 e. The summed E-state index contributed by atoms with van der Waals surface area (Å²) in [6, 6.07) is 1.78. The summed E-state index contributed by atoms with van der Waals surface area (Å²) in [6.45, 7) is 5.43. The minimum Gasteiger partial charge on any atom is -0.344 e. The summed E-state index contributed by atoms with van der Waals surface area (Å²) < 4.78 is 1.64. The van der Waals surface area contributed by atoms with Crippen molar-refractivity contribution >= 4 is 16.5 Å². The summed E-state index contributed by atoms with van der Waals surface area (Å²) in [5, 5.41) is 13.6. The van der Waals surface area contributed by atoms with Gasteiger partial charge in [0.2, 0.25) is 5.13 Å². The lowest BCUT2D eigenvalue weighted by Crippen LogP contribution is -2.47. The molecule has 23 heavy (non-hydrogen) atoms. The molecule has 4 rings (SSSR count). The molecule has 0 unspecified atom stereocenters. The van der Waals surface area contributed by atoms with E-state index in [0.717, 1.165) is 68.4 Å². The average molecular weight is 332 g/mol. The number of hydrogen-bond donors (Lipinski definition) is 0. The van der Waals surface area contributed by atoms with E-state index in [-0.39, 0.29) is 5.56 Å². The highest BCUT2D eigenvalue weighted by molar-refractivity contribution is 7.13. The Kier molecular flexibility index (Phi) is 4.09. The number of nitrogens with zero attached hydrogens (tertiary/aromatic N) is 6. The summed E-state index contributed by atoms with van der Waals surface area (Å²) in [4.78, 5) is 16.8. The second-order valence-electron chi connectivity index (χ2n) is 6.08. The number of hydrogen-bond acceptors (Lipinski definition) is 7. The van der Waals surface area contributed by atoms with E-state index in [9.17, 15) is 4.79 Å². The lowest BCUT2D eigenvalue weighted by molar-refractivity contribution is 0.242. The molecule has 1 fully saturated rings. The number of anilines is 1. The molecule has 1 aliphatic heterocycles. The molecule has 0 saturated carbocycles. The number of fused-ring (bicyclic) bond motifs is 1. The summed E-state index contributed by atoms with van der Waals surface area (Å²) in [5.74, 6) is 0. The zero-order valence-corrected chi connectivity index (χ0v) is 13.8. The first-order valence-electron chi connectivity index (χ1n) is 8.13. The normalized spacial score (nSPS) is 18.3. The predicted molar refractivity (Wildman–Crippen MR) is 89.1 cm³/mol. The smallest absolute Gasteiger partial charge is 0.267 e. The SMILES string of the molecule is O=c1cc2c(nn1CCN1CCN(c3nncs3)CC1)CCC2. The molecule has 0 bridgehead atoms. The average Bonchev–Trinajstić information content (AvgIpc) is 3.24. The van der Waals surface area contributed by atoms with E-state index in [1.165, 1.54) is 0 Å². The summed E-state index contributed by atoms with van der Waals surface area (Å²) >= 11 is 1.58. The van der Waals surface area contributed by atoms with E-state index in [4.69, 9.17) is 0 Å². The lowest BCUT2D eigenvalue weighted by atomic mass is 10.2. The Labute approximate surface area is 138 Å². The van der Waals surface area contributed by atoms with Gasteiger partial charge in [0.05, 0.1) is 12.2 Å². The van der Waals surface area contributed by atoms with E-state index in [1.807, 2.05) is 0 Å². The van der Waals surface area contributed by atoms with E-state index >= 15 is 0 Å². The molecule has 2 aliphatic rings. The fraction of sp³-hybridized carbons (Fsp3) is 0.600. The van der Waals surface area contributed by atoms with Gasteiger partial charge in [0.1, 0.15) is 5.51 Å². The molecule has 2 aromatic heterocycles. The Morgan fingerprint density at radius 3 is 2.78 bits per heavy atom. The number of aromatic nitrogens is 4. The molecular formula is C15H20N6OS. The molecule has 7 nitrogen and oxygen atoms in total. The predicted octanol–water partition coefficient (Wildman–Crippen LogP) is 0.406. The second kappa shape index (κ2) is 6.37. The Morgan fingerprint density at radius 1 is 1.13 bits per heavy atom. The van der Waals surface area contributed by atoms with E-state index in [0.29, 0.717) is 6.54 Å². The van der Waals surface area contributed by atoms with Gasteiger partial charge in [-0.15, -0.1) is 10.2 Å². The second-order valence-corrected chi connectivity index (χ2v) is 6.89. The third-order valence-electron chi connectivity index (χ3n) is 4.64. The lowest BCUT2D eigenvalue weighted by Gasteiger charge is -2.34. The van der Waals surface area contributed by atoms with Crippen molar-refractivity contribution in [3.63, 3.8) is 0 Å². The summed E-state index contributed by atoms with van der Waals surface area (Å²) in [7, 11) is 0. The van der Waals surface area contributed by atoms with Gasteiger partial charge < -0.3 is 4.90 Å². The molecule has 3 heterocycles. The van der Waals surface area contributed by atoms with Crippen molar-refractivity contribution in [3.8, 4) is 0 Å². The molecule has 122 valence electrons. The van der Waals surface area contributed by atoms with Crippen LogP contribution < -0.4 is 10.5 Å². The Bertz CT molecular complexity index is 720. The van der Waals surface area contributed by atoms with Crippen molar-refractivity contribution in [2.45, 2.75) is 25.8 Å². The van der Waals surface area contributed by atoms with Crippen molar-refractivity contribution in [1.82, 2.24) is 24.9 Å². The van der Waals surface area contributed by atoms with Crippen LogP contribution in [-0.2, 0) is 19.4 Å². The van der Waals surface area contributed by atoms with Crippen LogP contribution in [0.5, 0.6) is 0 Å². The van der Waals surface area contributed by atoms with E-state index in [1.54, 1.807) is 27.6 Å². The van der Waals surface area contributed by atoms with Gasteiger partial charge in [-0.2, -0.15) is 5.10 Å². The highest BCUT2D eigenvalue weighted by atomic mass is 32.1. The van der Waals surface area contributed by atoms with Crippen LogP contribution in [0.4, 0.5) is 5.13 Å². The quantitative estimate of drug-likeness (QED) is 0.808. The van der Waals surface area contributed by atoms with Gasteiger partial charge in [-0.3, -0.25) is 9.69 Å². The van der Waals surface area contributed by atoms with Crippen LogP contribution in [0.2, 0.25) is 0 Å². The Morgan fingerprint density at radius 2 is 2.00 bits per heavy atom. The molecule has 1 aliphatic carbocycles. The number of aryl methyl sites for hydroxylation is 2. The molecule has 0 spiro atoms. The minimum absolute atomic E-state index is 0.0399. The van der Waals surface area contributed by atoms with Crippen LogP contribution in [0, 0.1) is 0 Å². The molecule has 0 radical (unpaired) electrons. The van der Waals surface area contributed by atoms with Crippen LogP contribution in [0.25, 0.3) is 0 Å². The fourth-order valence-corrected chi connectivity index (χ4v) is 3.92. The maximum absolute atomic E-state index is 12.1. The maximum atomic E-state index is 12.1. The zero-order chi connectivity index (χ0) is 15.6. The molecular weight excluding hydrogens is 312 g/mol.